The van der Waals surface area contributed by atoms with E-state index in [9.17, 15) is 13.2 Å². The Hall–Kier alpha value is -1.02. The van der Waals surface area contributed by atoms with E-state index in [0.29, 0.717) is 25.3 Å². The van der Waals surface area contributed by atoms with Crippen molar-refractivity contribution in [2.75, 3.05) is 40.4 Å². The molecular weight excluding hydrogens is 345 g/mol. The number of guanidine groups is 1. The third-order valence-electron chi connectivity index (χ3n) is 5.78. The molecule has 0 spiro atoms. The lowest BCUT2D eigenvalue weighted by Gasteiger charge is -2.41. The zero-order valence-electron chi connectivity index (χ0n) is 16.2. The van der Waals surface area contributed by atoms with Crippen molar-refractivity contribution >= 4 is 5.96 Å². The van der Waals surface area contributed by atoms with E-state index in [1.807, 2.05) is 6.92 Å². The van der Waals surface area contributed by atoms with Crippen LogP contribution in [0.15, 0.2) is 4.99 Å². The van der Waals surface area contributed by atoms with Crippen LogP contribution in [0.3, 0.4) is 0 Å². The van der Waals surface area contributed by atoms with Gasteiger partial charge in [-0.05, 0) is 59.5 Å². The van der Waals surface area contributed by atoms with Crippen LogP contribution in [0.2, 0.25) is 0 Å². The molecule has 0 aromatic rings. The van der Waals surface area contributed by atoms with Gasteiger partial charge in [0.2, 0.25) is 0 Å². The molecule has 5 nitrogen and oxygen atoms in total. The monoisotopic (exact) mass is 378 g/mol. The molecule has 2 aliphatic rings. The zero-order valence-corrected chi connectivity index (χ0v) is 16.2. The second-order valence-corrected chi connectivity index (χ2v) is 7.66. The molecule has 8 heteroatoms. The molecule has 1 heterocycles. The van der Waals surface area contributed by atoms with Crippen LogP contribution >= 0.6 is 0 Å². The Labute approximate surface area is 154 Å². The molecule has 2 rings (SSSR count). The molecule has 0 atom stereocenters. The van der Waals surface area contributed by atoms with E-state index in [1.165, 1.54) is 0 Å². The minimum absolute atomic E-state index is 0.0193. The van der Waals surface area contributed by atoms with Crippen molar-refractivity contribution in [3.8, 4) is 0 Å². The van der Waals surface area contributed by atoms with Gasteiger partial charge in [0.05, 0.1) is 12.5 Å². The molecule has 0 bridgehead atoms. The summed E-state index contributed by atoms with van der Waals surface area (Å²) >= 11 is 0. The van der Waals surface area contributed by atoms with Crippen molar-refractivity contribution in [2.24, 2.45) is 10.9 Å². The van der Waals surface area contributed by atoms with E-state index in [1.54, 1.807) is 0 Å². The number of halogens is 3. The van der Waals surface area contributed by atoms with Crippen molar-refractivity contribution in [1.82, 2.24) is 15.5 Å². The first kappa shape index (κ1) is 21.3. The fourth-order valence-corrected chi connectivity index (χ4v) is 3.80. The summed E-state index contributed by atoms with van der Waals surface area (Å²) in [6, 6.07) is 0.0522. The standard InChI is InChI=1S/C18H33F3N4O/c1-4-22-16(23-13-17(25(2)3)9-11-26-12-10-17)24-15-7-5-14(6-8-15)18(19,20)21/h14-15H,4-13H2,1-3H3,(H2,22,23,24). The van der Waals surface area contributed by atoms with Crippen LogP contribution in [-0.4, -0.2) is 69.0 Å². The van der Waals surface area contributed by atoms with Crippen LogP contribution in [-0.2, 0) is 4.74 Å². The number of nitrogens with zero attached hydrogens (tertiary/aromatic N) is 2. The van der Waals surface area contributed by atoms with Crippen LogP contribution < -0.4 is 10.6 Å². The number of likely N-dealkylation sites (N-methyl/N-ethyl adjacent to an activating group) is 1. The number of hydrogen-bond acceptors (Lipinski definition) is 3. The number of rotatable bonds is 5. The lowest BCUT2D eigenvalue weighted by atomic mass is 9.85. The number of nitrogens with one attached hydrogen (secondary N) is 2. The average molecular weight is 378 g/mol. The van der Waals surface area contributed by atoms with Gasteiger partial charge in [-0.25, -0.2) is 0 Å². The Morgan fingerprint density at radius 2 is 1.77 bits per heavy atom. The Bertz CT molecular complexity index is 454. The average Bonchev–Trinajstić information content (AvgIpc) is 2.60. The molecule has 0 aromatic heterocycles. The van der Waals surface area contributed by atoms with E-state index in [2.05, 4.69) is 29.6 Å². The molecule has 2 fully saturated rings. The maximum absolute atomic E-state index is 12.8. The van der Waals surface area contributed by atoms with Gasteiger partial charge in [0.15, 0.2) is 5.96 Å². The van der Waals surface area contributed by atoms with E-state index in [0.717, 1.165) is 32.6 Å². The first-order valence-electron chi connectivity index (χ1n) is 9.63. The molecule has 0 aromatic carbocycles. The third-order valence-corrected chi connectivity index (χ3v) is 5.78. The summed E-state index contributed by atoms with van der Waals surface area (Å²) in [7, 11) is 4.14. The van der Waals surface area contributed by atoms with Gasteiger partial charge < -0.3 is 20.3 Å². The lowest BCUT2D eigenvalue weighted by Crippen LogP contribution is -2.52. The van der Waals surface area contributed by atoms with Crippen LogP contribution in [0.25, 0.3) is 0 Å². The predicted molar refractivity (Wildman–Crippen MR) is 97.4 cm³/mol. The maximum Gasteiger partial charge on any atom is 0.391 e. The summed E-state index contributed by atoms with van der Waals surface area (Å²) in [6.07, 6.45) is -0.758. The van der Waals surface area contributed by atoms with Gasteiger partial charge in [0.1, 0.15) is 0 Å². The molecule has 0 amide bonds. The minimum atomic E-state index is -4.06. The fourth-order valence-electron chi connectivity index (χ4n) is 3.80. The highest BCUT2D eigenvalue weighted by Gasteiger charge is 2.41. The van der Waals surface area contributed by atoms with Crippen LogP contribution in [0.5, 0.6) is 0 Å². The molecule has 1 saturated heterocycles. The van der Waals surface area contributed by atoms with Gasteiger partial charge >= 0.3 is 6.18 Å². The SMILES string of the molecule is CCNC(=NCC1(N(C)C)CCOCC1)NC1CCC(C(F)(F)F)CC1. The van der Waals surface area contributed by atoms with Crippen LogP contribution in [0, 0.1) is 5.92 Å². The summed E-state index contributed by atoms with van der Waals surface area (Å²) in [6.45, 7) is 4.84. The maximum atomic E-state index is 12.8. The summed E-state index contributed by atoms with van der Waals surface area (Å²) in [5.74, 6) is -0.449. The highest BCUT2D eigenvalue weighted by Crippen LogP contribution is 2.37. The summed E-state index contributed by atoms with van der Waals surface area (Å²) in [5, 5.41) is 6.58. The van der Waals surface area contributed by atoms with Crippen molar-refractivity contribution < 1.29 is 17.9 Å². The number of ether oxygens (including phenoxy) is 1. The topological polar surface area (TPSA) is 48.9 Å². The molecule has 1 saturated carbocycles. The molecular formula is C18H33F3N4O. The Morgan fingerprint density at radius 3 is 2.27 bits per heavy atom. The molecule has 26 heavy (non-hydrogen) atoms. The van der Waals surface area contributed by atoms with Gasteiger partial charge in [-0.3, -0.25) is 4.99 Å². The van der Waals surface area contributed by atoms with Crippen molar-refractivity contribution in [1.29, 1.82) is 0 Å². The van der Waals surface area contributed by atoms with Gasteiger partial charge in [-0.15, -0.1) is 0 Å². The van der Waals surface area contributed by atoms with Crippen molar-refractivity contribution in [3.63, 3.8) is 0 Å². The summed E-state index contributed by atoms with van der Waals surface area (Å²) in [5.41, 5.74) is -0.0193. The fraction of sp³-hybridized carbons (Fsp3) is 0.944. The Balaban J connectivity index is 1.94. The molecule has 1 aliphatic heterocycles. The largest absolute Gasteiger partial charge is 0.391 e. The van der Waals surface area contributed by atoms with Gasteiger partial charge in [-0.1, -0.05) is 0 Å². The van der Waals surface area contributed by atoms with Gasteiger partial charge in [0, 0.05) is 31.3 Å². The second-order valence-electron chi connectivity index (χ2n) is 7.66. The summed E-state index contributed by atoms with van der Waals surface area (Å²) < 4.78 is 44.0. The van der Waals surface area contributed by atoms with Crippen LogP contribution in [0.1, 0.15) is 45.4 Å². The van der Waals surface area contributed by atoms with Crippen molar-refractivity contribution in [3.05, 3.63) is 0 Å². The quantitative estimate of drug-likeness (QED) is 0.571. The van der Waals surface area contributed by atoms with Gasteiger partial charge in [0.25, 0.3) is 0 Å². The number of hydrogen-bond donors (Lipinski definition) is 2. The highest BCUT2D eigenvalue weighted by atomic mass is 19.4. The Morgan fingerprint density at radius 1 is 1.15 bits per heavy atom. The highest BCUT2D eigenvalue weighted by molar-refractivity contribution is 5.80. The van der Waals surface area contributed by atoms with E-state index in [-0.39, 0.29) is 24.4 Å². The molecule has 0 unspecified atom stereocenters. The molecule has 152 valence electrons. The lowest BCUT2D eigenvalue weighted by molar-refractivity contribution is -0.182. The third kappa shape index (κ3) is 5.74. The smallest absolute Gasteiger partial charge is 0.381 e. The summed E-state index contributed by atoms with van der Waals surface area (Å²) in [4.78, 5) is 6.99. The van der Waals surface area contributed by atoms with E-state index in [4.69, 9.17) is 9.73 Å². The number of aliphatic imine (C=N–C) groups is 1. The van der Waals surface area contributed by atoms with E-state index >= 15 is 0 Å². The molecule has 1 aliphatic carbocycles. The minimum Gasteiger partial charge on any atom is -0.381 e. The Kier molecular flexibility index (Phi) is 7.58. The number of alkyl halides is 3. The first-order chi connectivity index (χ1) is 12.3. The van der Waals surface area contributed by atoms with E-state index < -0.39 is 12.1 Å². The molecule has 2 N–H and O–H groups in total. The molecule has 0 radical (unpaired) electrons. The van der Waals surface area contributed by atoms with Gasteiger partial charge in [-0.2, -0.15) is 13.2 Å². The van der Waals surface area contributed by atoms with Crippen molar-refractivity contribution in [2.45, 2.75) is 63.2 Å². The second kappa shape index (κ2) is 9.26. The van der Waals surface area contributed by atoms with Crippen LogP contribution in [0.4, 0.5) is 13.2 Å². The zero-order chi connectivity index (χ0) is 19.2. The predicted octanol–water partition coefficient (Wildman–Crippen LogP) is 2.77. The first-order valence-corrected chi connectivity index (χ1v) is 9.63. The normalized spacial score (nSPS) is 27.4.